The van der Waals surface area contributed by atoms with Gasteiger partial charge in [-0.25, -0.2) is 0 Å². The van der Waals surface area contributed by atoms with E-state index in [-0.39, 0.29) is 12.1 Å². The number of hydrogen-bond acceptors (Lipinski definition) is 1. The predicted molar refractivity (Wildman–Crippen MR) is 162 cm³/mol. The van der Waals surface area contributed by atoms with E-state index in [9.17, 15) is 0 Å². The van der Waals surface area contributed by atoms with E-state index >= 15 is 0 Å². The van der Waals surface area contributed by atoms with E-state index in [1.54, 1.807) is 0 Å². The van der Waals surface area contributed by atoms with Crippen LogP contribution in [0, 0.1) is 0 Å². The molecule has 9 rings (SSSR count). The monoisotopic (exact) mass is 484 g/mol. The van der Waals surface area contributed by atoms with Gasteiger partial charge in [-0.3, -0.25) is 0 Å². The Labute approximate surface area is 222 Å². The molecule has 0 saturated carbocycles. The fourth-order valence-electron chi connectivity index (χ4n) is 7.71. The minimum atomic E-state index is -0.111. The molecule has 2 nitrogen and oxygen atoms in total. The first-order valence-electron chi connectivity index (χ1n) is 13.5. The van der Waals surface area contributed by atoms with Crippen molar-refractivity contribution in [1.29, 1.82) is 0 Å². The smallest absolute Gasteiger partial charge is 0.252 e. The van der Waals surface area contributed by atoms with Gasteiger partial charge in [-0.05, 0) is 57.9 Å². The van der Waals surface area contributed by atoms with Gasteiger partial charge < -0.3 is 9.47 Å². The standard InChI is InChI=1S/C35H25BN2/c1-35(2)26-16-8-6-15-25(26)31-34(35)38-28-18-10-7-14-23(28)24-20-21-30-32(33(24)38)36(31)27-17-9-11-19-29(27)37(30)22-12-4-3-5-13-22/h3-21H,1-2H3. The van der Waals surface area contributed by atoms with Crippen LogP contribution in [0.3, 0.4) is 0 Å². The van der Waals surface area contributed by atoms with Crippen LogP contribution in [-0.2, 0) is 5.41 Å². The second-order valence-electron chi connectivity index (χ2n) is 11.3. The van der Waals surface area contributed by atoms with Crippen molar-refractivity contribution in [3.63, 3.8) is 0 Å². The molecular weight excluding hydrogens is 459 g/mol. The van der Waals surface area contributed by atoms with Gasteiger partial charge in [0.2, 0.25) is 0 Å². The maximum Gasteiger partial charge on any atom is 0.252 e. The summed E-state index contributed by atoms with van der Waals surface area (Å²) in [6.45, 7) is 5.00. The third-order valence-electron chi connectivity index (χ3n) is 9.14. The lowest BCUT2D eigenvalue weighted by Crippen LogP contribution is -2.53. The minimum Gasteiger partial charge on any atom is -0.313 e. The highest BCUT2D eigenvalue weighted by Crippen LogP contribution is 2.55. The molecule has 178 valence electrons. The summed E-state index contributed by atoms with van der Waals surface area (Å²) in [6, 6.07) is 42.7. The second-order valence-corrected chi connectivity index (χ2v) is 11.3. The van der Waals surface area contributed by atoms with Crippen LogP contribution in [0.5, 0.6) is 0 Å². The summed E-state index contributed by atoms with van der Waals surface area (Å²) in [4.78, 5) is 2.47. The Balaban J connectivity index is 1.52. The van der Waals surface area contributed by atoms with E-state index < -0.39 is 0 Å². The van der Waals surface area contributed by atoms with E-state index in [0.717, 1.165) is 0 Å². The summed E-state index contributed by atoms with van der Waals surface area (Å²) in [5.74, 6) is 0. The second kappa shape index (κ2) is 6.87. The number of allylic oxidation sites excluding steroid dienone is 1. The number of rotatable bonds is 1. The zero-order valence-corrected chi connectivity index (χ0v) is 21.4. The lowest BCUT2D eigenvalue weighted by Gasteiger charge is -2.40. The number of nitrogens with zero attached hydrogens (tertiary/aromatic N) is 2. The molecule has 0 unspecified atom stereocenters. The highest BCUT2D eigenvalue weighted by atomic mass is 15.2. The van der Waals surface area contributed by atoms with Crippen LogP contribution in [0.1, 0.15) is 25.0 Å². The summed E-state index contributed by atoms with van der Waals surface area (Å²) in [7, 11) is 0. The zero-order chi connectivity index (χ0) is 25.2. The summed E-state index contributed by atoms with van der Waals surface area (Å²) in [5.41, 5.74) is 14.8. The maximum absolute atomic E-state index is 2.62. The van der Waals surface area contributed by atoms with Gasteiger partial charge in [0.15, 0.2) is 0 Å². The molecule has 6 aromatic rings. The van der Waals surface area contributed by atoms with E-state index in [0.29, 0.717) is 0 Å². The third-order valence-corrected chi connectivity index (χ3v) is 9.14. The van der Waals surface area contributed by atoms with Crippen molar-refractivity contribution in [2.24, 2.45) is 0 Å². The molecule has 3 heterocycles. The van der Waals surface area contributed by atoms with Crippen molar-refractivity contribution < 1.29 is 0 Å². The van der Waals surface area contributed by atoms with Crippen LogP contribution < -0.4 is 15.8 Å². The Hall–Kier alpha value is -4.50. The molecule has 3 aliphatic rings. The quantitative estimate of drug-likeness (QED) is 0.221. The van der Waals surface area contributed by atoms with Gasteiger partial charge in [0.1, 0.15) is 0 Å². The van der Waals surface area contributed by atoms with E-state index in [4.69, 9.17) is 0 Å². The molecule has 38 heavy (non-hydrogen) atoms. The first-order valence-corrected chi connectivity index (χ1v) is 13.5. The van der Waals surface area contributed by atoms with Crippen LogP contribution in [0.25, 0.3) is 33.0 Å². The fourth-order valence-corrected chi connectivity index (χ4v) is 7.71. The molecule has 0 N–H and O–H groups in total. The number of benzene rings is 5. The van der Waals surface area contributed by atoms with Gasteiger partial charge >= 0.3 is 0 Å². The van der Waals surface area contributed by atoms with Crippen molar-refractivity contribution >= 4 is 67.7 Å². The van der Waals surface area contributed by atoms with Gasteiger partial charge in [-0.2, -0.15) is 0 Å². The van der Waals surface area contributed by atoms with E-state index in [1.807, 2.05) is 0 Å². The fraction of sp³-hybridized carbons (Fsp3) is 0.0857. The Morgan fingerprint density at radius 2 is 1.37 bits per heavy atom. The van der Waals surface area contributed by atoms with Gasteiger partial charge in [0.25, 0.3) is 6.71 Å². The molecule has 0 radical (unpaired) electrons. The molecule has 5 aromatic carbocycles. The van der Waals surface area contributed by atoms with Gasteiger partial charge in [0, 0.05) is 38.9 Å². The van der Waals surface area contributed by atoms with Crippen LogP contribution >= 0.6 is 0 Å². The molecule has 0 atom stereocenters. The molecule has 0 bridgehead atoms. The summed E-state index contributed by atoms with van der Waals surface area (Å²) in [6.07, 6.45) is 0. The van der Waals surface area contributed by atoms with Gasteiger partial charge in [-0.1, -0.05) is 98.8 Å². The summed E-state index contributed by atoms with van der Waals surface area (Å²) < 4.78 is 2.62. The van der Waals surface area contributed by atoms with Crippen molar-refractivity contribution in [1.82, 2.24) is 4.57 Å². The van der Waals surface area contributed by atoms with Crippen molar-refractivity contribution in [2.45, 2.75) is 19.3 Å². The Kier molecular flexibility index (Phi) is 3.72. The van der Waals surface area contributed by atoms with Crippen LogP contribution in [0.4, 0.5) is 17.1 Å². The average molecular weight is 484 g/mol. The number of para-hydroxylation sites is 3. The maximum atomic E-state index is 2.62. The number of fused-ring (bicyclic) bond motifs is 9. The molecule has 0 fully saturated rings. The molecule has 0 amide bonds. The Morgan fingerprint density at radius 1 is 0.632 bits per heavy atom. The van der Waals surface area contributed by atoms with Crippen molar-refractivity contribution in [3.8, 4) is 0 Å². The molecule has 0 saturated heterocycles. The first-order chi connectivity index (χ1) is 18.7. The van der Waals surface area contributed by atoms with Crippen molar-refractivity contribution in [2.75, 3.05) is 4.90 Å². The molecule has 3 heteroatoms. The first kappa shape index (κ1) is 20.5. The predicted octanol–water partition coefficient (Wildman–Crippen LogP) is 7.40. The number of hydrogen-bond donors (Lipinski definition) is 0. The SMILES string of the molecule is CC1(C)C2=C(B3c4ccccc4N(c4ccccc4)c4ccc5c6ccccc6n2c5c43)c2ccccc21. The number of anilines is 3. The molecule has 0 spiro atoms. The van der Waals surface area contributed by atoms with Crippen LogP contribution in [0.2, 0.25) is 0 Å². The normalized spacial score (nSPS) is 16.2. The highest BCUT2D eigenvalue weighted by molar-refractivity contribution is 7.04. The minimum absolute atomic E-state index is 0.111. The van der Waals surface area contributed by atoms with E-state index in [2.05, 4.69) is 139 Å². The molecule has 1 aliphatic carbocycles. The topological polar surface area (TPSA) is 8.17 Å². The van der Waals surface area contributed by atoms with Gasteiger partial charge in [0.05, 0.1) is 11.0 Å². The Bertz CT molecular complexity index is 2010. The lowest BCUT2D eigenvalue weighted by atomic mass is 9.32. The third kappa shape index (κ3) is 2.28. The summed E-state index contributed by atoms with van der Waals surface area (Å²) >= 11 is 0. The molecule has 2 aliphatic heterocycles. The van der Waals surface area contributed by atoms with Crippen molar-refractivity contribution in [3.05, 3.63) is 126 Å². The average Bonchev–Trinajstić information content (AvgIpc) is 3.42. The Morgan fingerprint density at radius 3 is 2.26 bits per heavy atom. The van der Waals surface area contributed by atoms with Gasteiger partial charge in [-0.15, -0.1) is 0 Å². The van der Waals surface area contributed by atoms with Crippen LogP contribution in [0.15, 0.2) is 115 Å². The highest BCUT2D eigenvalue weighted by Gasteiger charge is 2.50. The molecular formula is C35H25BN2. The lowest BCUT2D eigenvalue weighted by molar-refractivity contribution is 0.676. The summed E-state index contributed by atoms with van der Waals surface area (Å²) in [5, 5.41) is 2.67. The number of aromatic nitrogens is 1. The zero-order valence-electron chi connectivity index (χ0n) is 21.4. The van der Waals surface area contributed by atoms with Crippen LogP contribution in [-0.4, -0.2) is 11.3 Å². The molecule has 1 aromatic heterocycles. The van der Waals surface area contributed by atoms with E-state index in [1.165, 1.54) is 72.1 Å². The largest absolute Gasteiger partial charge is 0.313 e.